The summed E-state index contributed by atoms with van der Waals surface area (Å²) < 4.78 is 6.67. The number of thioether (sulfide) groups is 1. The first kappa shape index (κ1) is 31.4. The van der Waals surface area contributed by atoms with Crippen molar-refractivity contribution in [3.8, 4) is 0 Å². The summed E-state index contributed by atoms with van der Waals surface area (Å²) in [5, 5.41) is 2.92. The van der Waals surface area contributed by atoms with Gasteiger partial charge in [-0.05, 0) is 23.7 Å². The lowest BCUT2D eigenvalue weighted by Gasteiger charge is -2.49. The zero-order chi connectivity index (χ0) is 26.4. The molecule has 0 aromatic rings. The Morgan fingerprint density at radius 1 is 1.00 bits per heavy atom. The molecule has 1 fully saturated rings. The quantitative estimate of drug-likeness (QED) is 0.0539. The lowest BCUT2D eigenvalue weighted by atomic mass is 10.0. The summed E-state index contributed by atoms with van der Waals surface area (Å²) in [6.07, 6.45) is 14.7. The third-order valence-corrected chi connectivity index (χ3v) is 13.8. The molecule has 0 saturated carbocycles. The summed E-state index contributed by atoms with van der Waals surface area (Å²) in [6, 6.07) is 2.51. The van der Waals surface area contributed by atoms with Crippen LogP contribution < -0.4 is 5.32 Å². The Balaban J connectivity index is 2.27. The Morgan fingerprint density at radius 3 is 1.97 bits per heavy atom. The van der Waals surface area contributed by atoms with Crippen LogP contribution in [0, 0.1) is 0 Å². The van der Waals surface area contributed by atoms with E-state index in [9.17, 15) is 14.4 Å². The van der Waals surface area contributed by atoms with Crippen molar-refractivity contribution in [3.63, 3.8) is 0 Å². The number of hydrogen-bond acceptors (Lipinski definition) is 5. The monoisotopic (exact) mass is 602 g/mol. The van der Waals surface area contributed by atoms with E-state index in [4.69, 9.17) is 4.43 Å². The van der Waals surface area contributed by atoms with Gasteiger partial charge in [-0.15, -0.1) is 11.8 Å². The predicted molar refractivity (Wildman–Crippen MR) is 156 cm³/mol. The Kier molecular flexibility index (Phi) is 14.8. The summed E-state index contributed by atoms with van der Waals surface area (Å²) in [4.78, 5) is 39.4. The van der Waals surface area contributed by atoms with Crippen molar-refractivity contribution in [2.45, 2.75) is 127 Å². The zero-order valence-electron chi connectivity index (χ0n) is 22.6. The van der Waals surface area contributed by atoms with Gasteiger partial charge in [0.1, 0.15) is 17.1 Å². The van der Waals surface area contributed by atoms with Crippen molar-refractivity contribution in [1.29, 1.82) is 0 Å². The number of unbranched alkanes of at least 4 members (excludes halogenated alkanes) is 9. The van der Waals surface area contributed by atoms with Crippen molar-refractivity contribution < 1.29 is 18.8 Å². The number of hydrogen-bond donors (Lipinski definition) is 1. The molecule has 2 atom stereocenters. The Labute approximate surface area is 232 Å². The summed E-state index contributed by atoms with van der Waals surface area (Å²) in [7, 11) is -2.33. The van der Waals surface area contributed by atoms with E-state index in [0.29, 0.717) is 23.2 Å². The second-order valence-electron chi connectivity index (χ2n) is 10.3. The molecule has 2 heterocycles. The standard InChI is InChI=1S/C27H47BrN2O4SSi/c1-4-7-10-13-16-36(17-14-11-8-5-2,18-15-12-9-6-3)34-27(33)24-22(19-28)20-35-26-23(29-21-31)25(32)30(24)26/h21,23,26H,4-20H2,1-3H3,(H,29,31)/t23?,26-/m1/s1. The Hall–Kier alpha value is -0.803. The van der Waals surface area contributed by atoms with Crippen LogP contribution in [0.15, 0.2) is 11.3 Å². The fourth-order valence-electron chi connectivity index (χ4n) is 5.26. The van der Waals surface area contributed by atoms with Crippen LogP contribution >= 0.6 is 27.7 Å². The van der Waals surface area contributed by atoms with Crippen LogP contribution in [-0.4, -0.2) is 54.0 Å². The fourth-order valence-corrected chi connectivity index (χ4v) is 11.6. The minimum absolute atomic E-state index is 0.217. The highest BCUT2D eigenvalue weighted by Crippen LogP contribution is 2.42. The summed E-state index contributed by atoms with van der Waals surface area (Å²) in [5.41, 5.74) is 1.34. The summed E-state index contributed by atoms with van der Waals surface area (Å²) >= 11 is 5.13. The molecule has 1 N–H and O–H groups in total. The molecular weight excluding hydrogens is 556 g/mol. The predicted octanol–water partition coefficient (Wildman–Crippen LogP) is 6.89. The van der Waals surface area contributed by atoms with Gasteiger partial charge < -0.3 is 9.74 Å². The maximum absolute atomic E-state index is 13.9. The van der Waals surface area contributed by atoms with Crippen LogP contribution in [0.1, 0.15) is 97.8 Å². The van der Waals surface area contributed by atoms with Gasteiger partial charge in [-0.3, -0.25) is 14.5 Å². The molecule has 9 heteroatoms. The molecule has 6 nitrogen and oxygen atoms in total. The highest BCUT2D eigenvalue weighted by atomic mass is 79.9. The van der Waals surface area contributed by atoms with E-state index >= 15 is 0 Å². The van der Waals surface area contributed by atoms with Crippen LogP contribution in [0.3, 0.4) is 0 Å². The van der Waals surface area contributed by atoms with Gasteiger partial charge in [-0.1, -0.05) is 114 Å². The number of nitrogens with zero attached hydrogens (tertiary/aromatic N) is 1. The minimum Gasteiger partial charge on any atom is -0.515 e. The number of nitrogens with one attached hydrogen (secondary N) is 1. The van der Waals surface area contributed by atoms with Gasteiger partial charge in [0, 0.05) is 11.1 Å². The molecule has 1 unspecified atom stereocenters. The van der Waals surface area contributed by atoms with E-state index < -0.39 is 14.4 Å². The molecule has 0 spiro atoms. The van der Waals surface area contributed by atoms with Gasteiger partial charge in [-0.25, -0.2) is 4.79 Å². The third-order valence-electron chi connectivity index (χ3n) is 7.42. The largest absolute Gasteiger partial charge is 0.515 e. The first-order valence-electron chi connectivity index (χ1n) is 14.1. The molecule has 36 heavy (non-hydrogen) atoms. The van der Waals surface area contributed by atoms with Crippen molar-refractivity contribution in [2.24, 2.45) is 0 Å². The molecule has 0 bridgehead atoms. The number of fused-ring (bicyclic) bond motifs is 1. The molecular formula is C27H47BrN2O4SSi. The number of carbonyl (C=O) groups is 3. The van der Waals surface area contributed by atoms with E-state index in [1.54, 1.807) is 16.7 Å². The van der Waals surface area contributed by atoms with Crippen LogP contribution in [0.25, 0.3) is 0 Å². The zero-order valence-corrected chi connectivity index (χ0v) is 26.0. The third kappa shape index (κ3) is 8.62. The number of β-lactam (4-membered cyclic amide) rings is 1. The van der Waals surface area contributed by atoms with Crippen LogP contribution in [0.5, 0.6) is 0 Å². The Bertz CT molecular complexity index is 720. The van der Waals surface area contributed by atoms with Gasteiger partial charge in [0.15, 0.2) is 0 Å². The molecule has 2 rings (SSSR count). The first-order chi connectivity index (χ1) is 17.5. The minimum atomic E-state index is -2.33. The molecule has 0 radical (unpaired) electrons. The maximum atomic E-state index is 13.9. The van der Waals surface area contributed by atoms with Crippen LogP contribution in [-0.2, 0) is 18.8 Å². The van der Waals surface area contributed by atoms with Gasteiger partial charge in [-0.2, -0.15) is 0 Å². The average Bonchev–Trinajstić information content (AvgIpc) is 2.89. The number of amides is 2. The van der Waals surface area contributed by atoms with Crippen molar-refractivity contribution in [3.05, 3.63) is 11.3 Å². The smallest absolute Gasteiger partial charge is 0.341 e. The van der Waals surface area contributed by atoms with E-state index in [1.807, 2.05) is 0 Å². The summed E-state index contributed by atoms with van der Waals surface area (Å²) in [5.74, 6) is 0.130. The molecule has 1 saturated heterocycles. The second-order valence-corrected chi connectivity index (χ2v) is 16.0. The SMILES string of the molecule is CCCCCC[Si](CCCCCC)(CCCCCC)OC(=O)C1=C(CBr)CS[C@@H]2C(NC=O)C(=O)N12. The molecule has 2 amide bonds. The highest BCUT2D eigenvalue weighted by molar-refractivity contribution is 9.09. The molecule has 0 aromatic carbocycles. The number of carbonyl (C=O) groups excluding carboxylic acids is 3. The van der Waals surface area contributed by atoms with Gasteiger partial charge in [0.2, 0.25) is 6.41 Å². The van der Waals surface area contributed by atoms with E-state index in [-0.39, 0.29) is 17.3 Å². The number of alkyl halides is 1. The number of halogens is 1. The average molecular weight is 604 g/mol. The molecule has 206 valence electrons. The van der Waals surface area contributed by atoms with Crippen LogP contribution in [0.4, 0.5) is 0 Å². The van der Waals surface area contributed by atoms with Gasteiger partial charge in [0.25, 0.3) is 14.2 Å². The van der Waals surface area contributed by atoms with Crippen LogP contribution in [0.2, 0.25) is 18.1 Å². The number of rotatable bonds is 20. The Morgan fingerprint density at radius 2 is 1.53 bits per heavy atom. The first-order valence-corrected chi connectivity index (χ1v) is 18.8. The van der Waals surface area contributed by atoms with Crippen molar-refractivity contribution >= 4 is 54.3 Å². The van der Waals surface area contributed by atoms with Crippen molar-refractivity contribution in [2.75, 3.05) is 11.1 Å². The lowest BCUT2D eigenvalue weighted by Crippen LogP contribution is -2.70. The molecule has 2 aliphatic heterocycles. The topological polar surface area (TPSA) is 75.7 Å². The highest BCUT2D eigenvalue weighted by Gasteiger charge is 2.54. The van der Waals surface area contributed by atoms with Gasteiger partial charge >= 0.3 is 5.97 Å². The molecule has 0 aliphatic carbocycles. The second kappa shape index (κ2) is 16.9. The summed E-state index contributed by atoms with van der Waals surface area (Å²) in [6.45, 7) is 6.67. The van der Waals surface area contributed by atoms with Crippen molar-refractivity contribution in [1.82, 2.24) is 10.2 Å². The van der Waals surface area contributed by atoms with E-state index in [0.717, 1.165) is 43.0 Å². The lowest BCUT2D eigenvalue weighted by molar-refractivity contribution is -0.149. The van der Waals surface area contributed by atoms with E-state index in [1.165, 1.54) is 57.8 Å². The molecule has 0 aromatic heterocycles. The normalized spacial score (nSPS) is 19.7. The molecule has 2 aliphatic rings. The van der Waals surface area contributed by atoms with E-state index in [2.05, 4.69) is 42.0 Å². The van der Waals surface area contributed by atoms with Gasteiger partial charge in [0.05, 0.1) is 0 Å². The maximum Gasteiger partial charge on any atom is 0.341 e. The fraction of sp³-hybridized carbons (Fsp3) is 0.815.